The van der Waals surface area contributed by atoms with E-state index in [1.807, 2.05) is 7.05 Å². The highest BCUT2D eigenvalue weighted by molar-refractivity contribution is 5.79. The summed E-state index contributed by atoms with van der Waals surface area (Å²) in [5.74, 6) is 0.821. The molecule has 2 aliphatic rings. The molecular weight excluding hydrogens is 352 g/mol. The maximum Gasteiger partial charge on any atom is 0.191 e. The van der Waals surface area contributed by atoms with Crippen LogP contribution >= 0.6 is 0 Å². The van der Waals surface area contributed by atoms with Crippen molar-refractivity contribution in [2.24, 2.45) is 4.99 Å². The Kier molecular flexibility index (Phi) is 8.91. The van der Waals surface area contributed by atoms with Crippen LogP contribution in [0.5, 0.6) is 0 Å². The average molecular weight is 389 g/mol. The van der Waals surface area contributed by atoms with Gasteiger partial charge in [-0.25, -0.2) is 0 Å². The van der Waals surface area contributed by atoms with E-state index in [0.717, 1.165) is 52.0 Å². The summed E-state index contributed by atoms with van der Waals surface area (Å²) < 4.78 is 11.5. The van der Waals surface area contributed by atoms with Crippen LogP contribution in [0, 0.1) is 0 Å². The molecule has 28 heavy (non-hydrogen) atoms. The molecule has 0 unspecified atom stereocenters. The second-order valence-corrected chi connectivity index (χ2v) is 7.60. The molecule has 1 saturated heterocycles. The lowest BCUT2D eigenvalue weighted by Crippen LogP contribution is -2.39. The third-order valence-electron chi connectivity index (χ3n) is 5.55. The van der Waals surface area contributed by atoms with Crippen molar-refractivity contribution in [3.63, 3.8) is 0 Å². The van der Waals surface area contributed by atoms with Crippen molar-refractivity contribution in [2.75, 3.05) is 51.4 Å². The van der Waals surface area contributed by atoms with Crippen molar-refractivity contribution in [1.29, 1.82) is 0 Å². The third kappa shape index (κ3) is 6.99. The van der Waals surface area contributed by atoms with Gasteiger partial charge in [-0.1, -0.05) is 37.8 Å². The predicted octanol–water partition coefficient (Wildman–Crippen LogP) is 2.93. The molecule has 0 aromatic heterocycles. The fourth-order valence-corrected chi connectivity index (χ4v) is 3.86. The molecule has 0 bridgehead atoms. The van der Waals surface area contributed by atoms with Crippen molar-refractivity contribution < 1.29 is 9.47 Å². The zero-order chi connectivity index (χ0) is 19.4. The first kappa shape index (κ1) is 20.9. The molecule has 3 rings (SSSR count). The molecule has 2 fully saturated rings. The minimum Gasteiger partial charge on any atom is -0.378 e. The molecule has 1 saturated carbocycles. The molecule has 1 aromatic carbocycles. The molecule has 1 heterocycles. The first-order valence-corrected chi connectivity index (χ1v) is 10.8. The van der Waals surface area contributed by atoms with E-state index >= 15 is 0 Å². The SMILES string of the molecule is CN=C(NCCOC1CCCCCC1)NCc1ccc(N2CCOCC2)cc1. The van der Waals surface area contributed by atoms with Crippen LogP contribution in [-0.2, 0) is 16.0 Å². The first-order valence-electron chi connectivity index (χ1n) is 10.8. The van der Waals surface area contributed by atoms with Crippen molar-refractivity contribution >= 4 is 11.6 Å². The Labute approximate surface area is 169 Å². The zero-order valence-electron chi connectivity index (χ0n) is 17.3. The van der Waals surface area contributed by atoms with Gasteiger partial charge in [0.2, 0.25) is 0 Å². The number of rotatable bonds is 7. The van der Waals surface area contributed by atoms with Crippen LogP contribution in [0.15, 0.2) is 29.3 Å². The first-order chi connectivity index (χ1) is 13.8. The largest absolute Gasteiger partial charge is 0.378 e. The second-order valence-electron chi connectivity index (χ2n) is 7.60. The van der Waals surface area contributed by atoms with Gasteiger partial charge in [0.05, 0.1) is 25.9 Å². The molecule has 2 N–H and O–H groups in total. The Morgan fingerprint density at radius 2 is 1.79 bits per heavy atom. The van der Waals surface area contributed by atoms with Crippen LogP contribution in [0.1, 0.15) is 44.1 Å². The quantitative estimate of drug-likeness (QED) is 0.326. The van der Waals surface area contributed by atoms with Gasteiger partial charge in [0.15, 0.2) is 5.96 Å². The van der Waals surface area contributed by atoms with E-state index in [1.54, 1.807) is 0 Å². The van der Waals surface area contributed by atoms with E-state index in [4.69, 9.17) is 9.47 Å². The summed E-state index contributed by atoms with van der Waals surface area (Å²) in [5.41, 5.74) is 2.51. The van der Waals surface area contributed by atoms with Gasteiger partial charge < -0.3 is 25.0 Å². The number of anilines is 1. The number of ether oxygens (including phenoxy) is 2. The highest BCUT2D eigenvalue weighted by Gasteiger charge is 2.12. The Morgan fingerprint density at radius 3 is 2.46 bits per heavy atom. The minimum atomic E-state index is 0.448. The Balaban J connectivity index is 1.34. The Hall–Kier alpha value is -1.79. The van der Waals surface area contributed by atoms with E-state index in [0.29, 0.717) is 6.10 Å². The summed E-state index contributed by atoms with van der Waals surface area (Å²) in [6.45, 7) is 5.85. The van der Waals surface area contributed by atoms with Gasteiger partial charge in [-0.2, -0.15) is 0 Å². The van der Waals surface area contributed by atoms with E-state index in [2.05, 4.69) is 44.8 Å². The van der Waals surface area contributed by atoms with Gasteiger partial charge in [0, 0.05) is 38.9 Å². The van der Waals surface area contributed by atoms with E-state index in [9.17, 15) is 0 Å². The molecule has 0 spiro atoms. The topological polar surface area (TPSA) is 58.1 Å². The van der Waals surface area contributed by atoms with Crippen LogP contribution in [0.3, 0.4) is 0 Å². The maximum absolute atomic E-state index is 6.03. The molecule has 1 aromatic rings. The highest BCUT2D eigenvalue weighted by Crippen LogP contribution is 2.19. The summed E-state index contributed by atoms with van der Waals surface area (Å²) in [6, 6.07) is 8.75. The minimum absolute atomic E-state index is 0.448. The van der Waals surface area contributed by atoms with E-state index < -0.39 is 0 Å². The lowest BCUT2D eigenvalue weighted by atomic mass is 10.1. The standard InChI is InChI=1S/C22H36N4O2/c1-23-22(24-12-15-28-21-6-4-2-3-5-7-21)25-18-19-8-10-20(11-9-19)26-13-16-27-17-14-26/h8-11,21H,2-7,12-18H2,1H3,(H2,23,24,25). The maximum atomic E-state index is 6.03. The summed E-state index contributed by atoms with van der Waals surface area (Å²) in [6.07, 6.45) is 8.23. The van der Waals surface area contributed by atoms with Crippen LogP contribution in [0.25, 0.3) is 0 Å². The molecule has 156 valence electrons. The Morgan fingerprint density at radius 1 is 1.07 bits per heavy atom. The van der Waals surface area contributed by atoms with E-state index in [-0.39, 0.29) is 0 Å². The molecule has 0 atom stereocenters. The highest BCUT2D eigenvalue weighted by atomic mass is 16.5. The number of nitrogens with one attached hydrogen (secondary N) is 2. The fraction of sp³-hybridized carbons (Fsp3) is 0.682. The number of hydrogen-bond donors (Lipinski definition) is 2. The average Bonchev–Trinajstić information content (AvgIpc) is 3.03. The number of hydrogen-bond acceptors (Lipinski definition) is 4. The molecule has 0 radical (unpaired) electrons. The number of aliphatic imine (C=N–C) groups is 1. The summed E-state index contributed by atoms with van der Waals surface area (Å²) in [7, 11) is 1.81. The second kappa shape index (κ2) is 11.9. The molecule has 0 amide bonds. The van der Waals surface area contributed by atoms with Crippen molar-refractivity contribution in [3.8, 4) is 0 Å². The molecule has 1 aliphatic carbocycles. The molecule has 6 nitrogen and oxygen atoms in total. The normalized spacial score (nSPS) is 19.3. The lowest BCUT2D eigenvalue weighted by molar-refractivity contribution is 0.0468. The number of guanidine groups is 1. The van der Waals surface area contributed by atoms with Crippen LogP contribution in [0.2, 0.25) is 0 Å². The molecule has 6 heteroatoms. The van der Waals surface area contributed by atoms with Crippen LogP contribution < -0.4 is 15.5 Å². The summed E-state index contributed by atoms with van der Waals surface area (Å²) >= 11 is 0. The predicted molar refractivity (Wildman–Crippen MR) is 115 cm³/mol. The van der Waals surface area contributed by atoms with Gasteiger partial charge in [-0.05, 0) is 30.5 Å². The van der Waals surface area contributed by atoms with Gasteiger partial charge >= 0.3 is 0 Å². The number of benzene rings is 1. The van der Waals surface area contributed by atoms with Gasteiger partial charge in [0.25, 0.3) is 0 Å². The lowest BCUT2D eigenvalue weighted by Gasteiger charge is -2.28. The summed E-state index contributed by atoms with van der Waals surface area (Å²) in [5, 5.41) is 6.73. The van der Waals surface area contributed by atoms with Crippen LogP contribution in [0.4, 0.5) is 5.69 Å². The smallest absolute Gasteiger partial charge is 0.191 e. The molecular formula is C22H36N4O2. The van der Waals surface area contributed by atoms with Crippen molar-refractivity contribution in [2.45, 2.75) is 51.2 Å². The summed E-state index contributed by atoms with van der Waals surface area (Å²) in [4.78, 5) is 6.68. The number of nitrogens with zero attached hydrogens (tertiary/aromatic N) is 2. The Bertz CT molecular complexity index is 577. The van der Waals surface area contributed by atoms with Crippen LogP contribution in [-0.4, -0.2) is 58.6 Å². The van der Waals surface area contributed by atoms with Crippen molar-refractivity contribution in [1.82, 2.24) is 10.6 Å². The number of morpholine rings is 1. The van der Waals surface area contributed by atoms with Gasteiger partial charge in [-0.15, -0.1) is 0 Å². The molecule has 1 aliphatic heterocycles. The van der Waals surface area contributed by atoms with Gasteiger partial charge in [-0.3, -0.25) is 4.99 Å². The monoisotopic (exact) mass is 388 g/mol. The third-order valence-corrected chi connectivity index (χ3v) is 5.55. The van der Waals surface area contributed by atoms with Gasteiger partial charge in [0.1, 0.15) is 0 Å². The zero-order valence-corrected chi connectivity index (χ0v) is 17.3. The fourth-order valence-electron chi connectivity index (χ4n) is 3.86. The van der Waals surface area contributed by atoms with Crippen molar-refractivity contribution in [3.05, 3.63) is 29.8 Å². The van der Waals surface area contributed by atoms with E-state index in [1.165, 1.54) is 49.8 Å².